The number of hydrogen-bond donors (Lipinski definition) is 3. The number of nitrogens with one attached hydrogen (secondary N) is 3. The van der Waals surface area contributed by atoms with Crippen LogP contribution >= 0.6 is 11.3 Å². The van der Waals surface area contributed by atoms with Crippen molar-refractivity contribution in [2.45, 2.75) is 26.3 Å². The molecule has 0 aliphatic carbocycles. The molecule has 5 nitrogen and oxygen atoms in total. The fraction of sp³-hybridized carbons (Fsp3) is 0.455. The molecule has 17 heavy (non-hydrogen) atoms. The maximum absolute atomic E-state index is 11.9. The van der Waals surface area contributed by atoms with E-state index < -0.39 is 0 Å². The van der Waals surface area contributed by atoms with Gasteiger partial charge in [0, 0.05) is 6.04 Å². The van der Waals surface area contributed by atoms with Gasteiger partial charge in [0.05, 0.1) is 17.1 Å². The second kappa shape index (κ2) is 4.75. The molecule has 1 aliphatic heterocycles. The van der Waals surface area contributed by atoms with Crippen molar-refractivity contribution in [3.8, 4) is 0 Å². The Morgan fingerprint density at radius 2 is 2.35 bits per heavy atom. The minimum absolute atomic E-state index is 0.117. The summed E-state index contributed by atoms with van der Waals surface area (Å²) >= 11 is 1.32. The van der Waals surface area contributed by atoms with Gasteiger partial charge in [-0.3, -0.25) is 9.59 Å². The second-order valence-electron chi connectivity index (χ2n) is 4.00. The Morgan fingerprint density at radius 3 is 3.00 bits per heavy atom. The van der Waals surface area contributed by atoms with Crippen LogP contribution in [-0.2, 0) is 0 Å². The van der Waals surface area contributed by atoms with Crippen molar-refractivity contribution in [2.75, 3.05) is 12.0 Å². The van der Waals surface area contributed by atoms with Crippen LogP contribution in [0.15, 0.2) is 6.07 Å². The molecule has 0 radical (unpaired) electrons. The van der Waals surface area contributed by atoms with Gasteiger partial charge in [0.15, 0.2) is 0 Å². The van der Waals surface area contributed by atoms with Crippen LogP contribution in [0.25, 0.3) is 0 Å². The van der Waals surface area contributed by atoms with Crippen LogP contribution in [0, 0.1) is 0 Å². The summed E-state index contributed by atoms with van der Waals surface area (Å²) in [5.74, 6) is -0.245. The molecule has 1 unspecified atom stereocenters. The fourth-order valence-electron chi connectivity index (χ4n) is 1.50. The molecule has 92 valence electrons. The number of hydrogen-bond acceptors (Lipinski definition) is 4. The lowest BCUT2D eigenvalue weighted by Gasteiger charge is -2.13. The first-order valence-electron chi connectivity index (χ1n) is 5.58. The maximum atomic E-state index is 11.9. The van der Waals surface area contributed by atoms with E-state index in [9.17, 15) is 9.59 Å². The van der Waals surface area contributed by atoms with E-state index in [-0.39, 0.29) is 17.9 Å². The normalized spacial score (nSPS) is 15.5. The highest BCUT2D eigenvalue weighted by molar-refractivity contribution is 7.18. The van der Waals surface area contributed by atoms with Gasteiger partial charge in [-0.2, -0.15) is 0 Å². The molecule has 1 atom stereocenters. The third-order valence-corrected chi connectivity index (χ3v) is 3.78. The highest BCUT2D eigenvalue weighted by atomic mass is 32.1. The first-order chi connectivity index (χ1) is 8.11. The van der Waals surface area contributed by atoms with Crippen molar-refractivity contribution in [1.29, 1.82) is 0 Å². The molecule has 1 aromatic heterocycles. The Hall–Kier alpha value is -1.56. The molecular formula is C11H15N3O2S. The average molecular weight is 253 g/mol. The van der Waals surface area contributed by atoms with Gasteiger partial charge in [-0.05, 0) is 19.4 Å². The van der Waals surface area contributed by atoms with E-state index in [1.54, 1.807) is 6.07 Å². The molecule has 3 N–H and O–H groups in total. The lowest BCUT2D eigenvalue weighted by molar-refractivity contribution is 0.0942. The summed E-state index contributed by atoms with van der Waals surface area (Å²) in [7, 11) is 0. The molecule has 0 saturated heterocycles. The van der Waals surface area contributed by atoms with E-state index in [1.165, 1.54) is 11.3 Å². The Balaban J connectivity index is 2.17. The highest BCUT2D eigenvalue weighted by Crippen LogP contribution is 2.29. The quantitative estimate of drug-likeness (QED) is 0.762. The van der Waals surface area contributed by atoms with Gasteiger partial charge in [0.1, 0.15) is 5.00 Å². The third kappa shape index (κ3) is 2.41. The first kappa shape index (κ1) is 11.9. The number of anilines is 1. The van der Waals surface area contributed by atoms with Crippen LogP contribution in [0.1, 0.15) is 40.3 Å². The van der Waals surface area contributed by atoms with Crippen molar-refractivity contribution in [3.05, 3.63) is 16.5 Å². The lowest BCUT2D eigenvalue weighted by Crippen LogP contribution is -2.33. The topological polar surface area (TPSA) is 70.2 Å². The largest absolute Gasteiger partial charge is 0.359 e. The predicted octanol–water partition coefficient (Wildman–Crippen LogP) is 1.39. The average Bonchev–Trinajstić information content (AvgIpc) is 2.74. The summed E-state index contributed by atoms with van der Waals surface area (Å²) in [5, 5.41) is 9.36. The van der Waals surface area contributed by atoms with Gasteiger partial charge in [-0.25, -0.2) is 0 Å². The number of amides is 2. The first-order valence-corrected chi connectivity index (χ1v) is 6.40. The van der Waals surface area contributed by atoms with Gasteiger partial charge in [-0.1, -0.05) is 6.92 Å². The number of rotatable bonds is 3. The van der Waals surface area contributed by atoms with E-state index in [0.29, 0.717) is 17.1 Å². The third-order valence-electron chi connectivity index (χ3n) is 2.69. The molecule has 2 rings (SSSR count). The fourth-order valence-corrected chi connectivity index (χ4v) is 2.45. The van der Waals surface area contributed by atoms with E-state index in [2.05, 4.69) is 16.0 Å². The molecule has 1 aliphatic rings. The Morgan fingerprint density at radius 1 is 1.59 bits per heavy atom. The number of carbonyl (C=O) groups is 2. The standard InChI is InChI=1S/C11H15N3O2S/c1-3-6(2)14-10(16)8-4-7-9(15)12-5-13-11(7)17-8/h4,6,13H,3,5H2,1-2H3,(H,12,15)(H,14,16). The van der Waals surface area contributed by atoms with Crippen molar-refractivity contribution >= 4 is 28.2 Å². The molecule has 0 fully saturated rings. The Bertz CT molecular complexity index is 456. The molecule has 0 saturated carbocycles. The van der Waals surface area contributed by atoms with Gasteiger partial charge >= 0.3 is 0 Å². The van der Waals surface area contributed by atoms with Crippen LogP contribution in [0.5, 0.6) is 0 Å². The Labute approximate surface area is 104 Å². The number of thiophene rings is 1. The van der Waals surface area contributed by atoms with Crippen LogP contribution < -0.4 is 16.0 Å². The molecule has 0 aromatic carbocycles. The summed E-state index contributed by atoms with van der Waals surface area (Å²) in [6.07, 6.45) is 0.884. The zero-order chi connectivity index (χ0) is 12.4. The highest BCUT2D eigenvalue weighted by Gasteiger charge is 2.22. The number of fused-ring (bicyclic) bond motifs is 1. The summed E-state index contributed by atoms with van der Waals surface area (Å²) < 4.78 is 0. The van der Waals surface area contributed by atoms with E-state index in [4.69, 9.17) is 0 Å². The maximum Gasteiger partial charge on any atom is 0.261 e. The van der Waals surface area contributed by atoms with Crippen LogP contribution in [-0.4, -0.2) is 24.5 Å². The molecule has 1 aromatic rings. The summed E-state index contributed by atoms with van der Waals surface area (Å²) in [4.78, 5) is 24.0. The van der Waals surface area contributed by atoms with E-state index in [1.807, 2.05) is 13.8 Å². The summed E-state index contributed by atoms with van der Waals surface area (Å²) in [6, 6.07) is 1.78. The molecule has 2 heterocycles. The predicted molar refractivity (Wildman–Crippen MR) is 67.5 cm³/mol. The van der Waals surface area contributed by atoms with Gasteiger partial charge in [0.25, 0.3) is 11.8 Å². The van der Waals surface area contributed by atoms with E-state index in [0.717, 1.165) is 11.4 Å². The molecule has 0 spiro atoms. The monoisotopic (exact) mass is 253 g/mol. The Kier molecular flexibility index (Phi) is 3.33. The zero-order valence-corrected chi connectivity index (χ0v) is 10.6. The van der Waals surface area contributed by atoms with Gasteiger partial charge in [-0.15, -0.1) is 11.3 Å². The second-order valence-corrected chi connectivity index (χ2v) is 5.05. The molecular weight excluding hydrogens is 238 g/mol. The van der Waals surface area contributed by atoms with Crippen LogP contribution in [0.3, 0.4) is 0 Å². The molecule has 6 heteroatoms. The minimum atomic E-state index is -0.127. The lowest BCUT2D eigenvalue weighted by atomic mass is 10.2. The zero-order valence-electron chi connectivity index (χ0n) is 9.79. The molecule has 2 amide bonds. The summed E-state index contributed by atoms with van der Waals surface area (Å²) in [5.41, 5.74) is 0.551. The van der Waals surface area contributed by atoms with Crippen molar-refractivity contribution in [1.82, 2.24) is 10.6 Å². The smallest absolute Gasteiger partial charge is 0.261 e. The van der Waals surface area contributed by atoms with E-state index >= 15 is 0 Å². The van der Waals surface area contributed by atoms with Crippen molar-refractivity contribution in [2.24, 2.45) is 0 Å². The van der Waals surface area contributed by atoms with Crippen LogP contribution in [0.4, 0.5) is 5.00 Å². The summed E-state index contributed by atoms with van der Waals surface area (Å²) in [6.45, 7) is 4.38. The van der Waals surface area contributed by atoms with Crippen LogP contribution in [0.2, 0.25) is 0 Å². The van der Waals surface area contributed by atoms with Crippen molar-refractivity contribution in [3.63, 3.8) is 0 Å². The SMILES string of the molecule is CCC(C)NC(=O)c1cc2c(s1)NCNC2=O. The molecule has 0 bridgehead atoms. The van der Waals surface area contributed by atoms with Gasteiger partial charge < -0.3 is 16.0 Å². The minimum Gasteiger partial charge on any atom is -0.359 e. The number of carbonyl (C=O) groups excluding carboxylic acids is 2. The van der Waals surface area contributed by atoms with Gasteiger partial charge in [0.2, 0.25) is 0 Å². The van der Waals surface area contributed by atoms with Crippen molar-refractivity contribution < 1.29 is 9.59 Å².